The molecule has 0 aliphatic carbocycles. The van der Waals surface area contributed by atoms with Gasteiger partial charge in [-0.05, 0) is 12.5 Å². The normalized spacial score (nSPS) is 26.8. The van der Waals surface area contributed by atoms with E-state index in [4.69, 9.17) is 0 Å². The second-order valence-electron chi connectivity index (χ2n) is 4.22. The Hall–Kier alpha value is -2.11. The first-order valence-corrected chi connectivity index (χ1v) is 5.53. The highest BCUT2D eigenvalue weighted by Crippen LogP contribution is 2.25. The van der Waals surface area contributed by atoms with Crippen LogP contribution in [0.1, 0.15) is 12.1 Å². The molecule has 2 saturated heterocycles. The molecule has 0 aromatic carbocycles. The number of hydrogen-bond acceptors (Lipinski definition) is 3. The molecule has 3 rings (SSSR count). The molecule has 2 aliphatic heterocycles. The quantitative estimate of drug-likeness (QED) is 0.534. The minimum atomic E-state index is -0.256. The molecule has 88 valence electrons. The lowest BCUT2D eigenvalue weighted by atomic mass is 10.0. The number of likely N-dealkylation sites (tertiary alicyclic amines) is 1. The Morgan fingerprint density at radius 2 is 2.47 bits per heavy atom. The molecule has 2 amide bonds. The fourth-order valence-corrected chi connectivity index (χ4v) is 2.30. The van der Waals surface area contributed by atoms with Gasteiger partial charge in [0.05, 0.1) is 24.3 Å². The molecule has 0 saturated carbocycles. The molecule has 0 unspecified atom stereocenters. The molecule has 0 spiro atoms. The van der Waals surface area contributed by atoms with Crippen LogP contribution in [0.3, 0.4) is 0 Å². The van der Waals surface area contributed by atoms with Crippen molar-refractivity contribution in [1.29, 1.82) is 0 Å². The number of carbonyl (C=O) groups excluding carboxylic acids is 2. The summed E-state index contributed by atoms with van der Waals surface area (Å²) in [4.78, 5) is 31.6. The monoisotopic (exact) mass is 232 g/mol. The Morgan fingerprint density at radius 3 is 3.18 bits per heavy atom. The standard InChI is InChI=1S/C11H12N4O2/c16-9(2-1-7-5-12-6-13-7)15-4-3-8-10(15)11(17)14-8/h1-2,5-6,8,10H,3-4H2,(H,12,13)(H,14,17)/b2-1+/t8-,10+/m1/s1. The number of β-lactam (4-membered cyclic amide) rings is 1. The molecule has 0 bridgehead atoms. The summed E-state index contributed by atoms with van der Waals surface area (Å²) in [5.74, 6) is -0.169. The van der Waals surface area contributed by atoms with E-state index in [1.54, 1.807) is 23.5 Å². The van der Waals surface area contributed by atoms with Gasteiger partial charge in [-0.25, -0.2) is 4.98 Å². The molecule has 2 aliphatic rings. The first-order chi connectivity index (χ1) is 8.25. The number of fused-ring (bicyclic) bond motifs is 1. The molecular formula is C11H12N4O2. The lowest BCUT2D eigenvalue weighted by Crippen LogP contribution is -2.64. The van der Waals surface area contributed by atoms with Gasteiger partial charge in [0.1, 0.15) is 6.04 Å². The summed E-state index contributed by atoms with van der Waals surface area (Å²) in [6, 6.07) is -0.0964. The maximum atomic E-state index is 11.9. The number of nitrogens with zero attached hydrogens (tertiary/aromatic N) is 2. The van der Waals surface area contributed by atoms with E-state index in [1.807, 2.05) is 0 Å². The van der Waals surface area contributed by atoms with Crippen molar-refractivity contribution in [2.75, 3.05) is 6.54 Å². The van der Waals surface area contributed by atoms with Crippen LogP contribution in [0.5, 0.6) is 0 Å². The molecule has 2 atom stereocenters. The minimum Gasteiger partial charge on any atom is -0.349 e. The number of hydrogen-bond donors (Lipinski definition) is 2. The van der Waals surface area contributed by atoms with E-state index < -0.39 is 0 Å². The van der Waals surface area contributed by atoms with Gasteiger partial charge < -0.3 is 15.2 Å². The molecule has 0 radical (unpaired) electrons. The van der Waals surface area contributed by atoms with Crippen LogP contribution < -0.4 is 5.32 Å². The van der Waals surface area contributed by atoms with Gasteiger partial charge in [0, 0.05) is 12.6 Å². The molecule has 6 heteroatoms. The highest BCUT2D eigenvalue weighted by Gasteiger charge is 2.49. The largest absolute Gasteiger partial charge is 0.349 e. The summed E-state index contributed by atoms with van der Waals surface area (Å²) in [6.45, 7) is 0.639. The van der Waals surface area contributed by atoms with Gasteiger partial charge in [-0.1, -0.05) is 0 Å². The maximum absolute atomic E-state index is 11.9. The van der Waals surface area contributed by atoms with Crippen molar-refractivity contribution in [1.82, 2.24) is 20.2 Å². The van der Waals surface area contributed by atoms with Gasteiger partial charge in [0.25, 0.3) is 0 Å². The predicted octanol–water partition coefficient (Wildman–Crippen LogP) is -0.478. The number of nitrogens with one attached hydrogen (secondary N) is 2. The van der Waals surface area contributed by atoms with Gasteiger partial charge in [-0.3, -0.25) is 9.59 Å². The first kappa shape index (κ1) is 10.1. The number of H-pyrrole nitrogens is 1. The van der Waals surface area contributed by atoms with Gasteiger partial charge in [0.2, 0.25) is 11.8 Å². The van der Waals surface area contributed by atoms with Crippen LogP contribution in [0, 0.1) is 0 Å². The Labute approximate surface area is 97.7 Å². The number of amides is 2. The van der Waals surface area contributed by atoms with Gasteiger partial charge in [-0.2, -0.15) is 0 Å². The molecule has 2 fully saturated rings. The summed E-state index contributed by atoms with van der Waals surface area (Å²) >= 11 is 0. The highest BCUT2D eigenvalue weighted by molar-refractivity contribution is 5.99. The fraction of sp³-hybridized carbons (Fsp3) is 0.364. The summed E-state index contributed by atoms with van der Waals surface area (Å²) in [7, 11) is 0. The Kier molecular flexibility index (Phi) is 2.21. The van der Waals surface area contributed by atoms with E-state index in [0.29, 0.717) is 6.54 Å². The number of carbonyl (C=O) groups is 2. The maximum Gasteiger partial charge on any atom is 0.247 e. The van der Waals surface area contributed by atoms with Crippen LogP contribution in [0.2, 0.25) is 0 Å². The van der Waals surface area contributed by atoms with Crippen molar-refractivity contribution in [2.45, 2.75) is 18.5 Å². The van der Waals surface area contributed by atoms with Gasteiger partial charge in [0.15, 0.2) is 0 Å². The van der Waals surface area contributed by atoms with Crippen molar-refractivity contribution in [3.63, 3.8) is 0 Å². The Bertz CT molecular complexity index is 480. The van der Waals surface area contributed by atoms with Crippen LogP contribution in [0.25, 0.3) is 6.08 Å². The zero-order chi connectivity index (χ0) is 11.8. The average molecular weight is 232 g/mol. The smallest absolute Gasteiger partial charge is 0.247 e. The summed E-state index contributed by atoms with van der Waals surface area (Å²) < 4.78 is 0. The first-order valence-electron chi connectivity index (χ1n) is 5.53. The van der Waals surface area contributed by atoms with E-state index in [1.165, 1.54) is 6.08 Å². The number of aromatic amines is 1. The third-order valence-corrected chi connectivity index (χ3v) is 3.20. The summed E-state index contributed by atoms with van der Waals surface area (Å²) in [6.07, 6.45) is 7.17. The molecule has 17 heavy (non-hydrogen) atoms. The number of rotatable bonds is 2. The zero-order valence-corrected chi connectivity index (χ0v) is 9.09. The van der Waals surface area contributed by atoms with Crippen molar-refractivity contribution in [2.24, 2.45) is 0 Å². The van der Waals surface area contributed by atoms with Crippen LogP contribution in [0.4, 0.5) is 0 Å². The molecule has 3 heterocycles. The third-order valence-electron chi connectivity index (χ3n) is 3.20. The van der Waals surface area contributed by atoms with Crippen LogP contribution in [-0.2, 0) is 9.59 Å². The lowest BCUT2D eigenvalue weighted by molar-refractivity contribution is -0.141. The SMILES string of the molecule is O=C1N[C@@H]2CCN(C(=O)/C=C/c3cnc[nH]3)[C@H]12. The second kappa shape index (κ2) is 3.73. The van der Waals surface area contributed by atoms with E-state index in [2.05, 4.69) is 15.3 Å². The van der Waals surface area contributed by atoms with E-state index in [9.17, 15) is 9.59 Å². The molecule has 2 N–H and O–H groups in total. The van der Waals surface area contributed by atoms with Crippen molar-refractivity contribution in [3.8, 4) is 0 Å². The third kappa shape index (κ3) is 1.61. The highest BCUT2D eigenvalue weighted by atomic mass is 16.2. The Balaban J connectivity index is 1.69. The molecular weight excluding hydrogens is 220 g/mol. The fourth-order valence-electron chi connectivity index (χ4n) is 2.30. The van der Waals surface area contributed by atoms with E-state index in [-0.39, 0.29) is 23.9 Å². The van der Waals surface area contributed by atoms with E-state index in [0.717, 1.165) is 12.1 Å². The minimum absolute atomic E-state index is 0.0456. The van der Waals surface area contributed by atoms with Crippen LogP contribution >= 0.6 is 0 Å². The van der Waals surface area contributed by atoms with Crippen LogP contribution in [0.15, 0.2) is 18.6 Å². The molecule has 6 nitrogen and oxygen atoms in total. The number of imidazole rings is 1. The molecule has 1 aromatic heterocycles. The topological polar surface area (TPSA) is 78.1 Å². The van der Waals surface area contributed by atoms with Crippen molar-refractivity contribution < 1.29 is 9.59 Å². The number of aromatic nitrogens is 2. The summed E-state index contributed by atoms with van der Waals surface area (Å²) in [5.41, 5.74) is 0.771. The molecule has 1 aromatic rings. The van der Waals surface area contributed by atoms with Crippen molar-refractivity contribution >= 4 is 17.9 Å². The predicted molar refractivity (Wildman–Crippen MR) is 59.7 cm³/mol. The summed E-state index contributed by atoms with van der Waals surface area (Å²) in [5, 5.41) is 2.79. The second-order valence-corrected chi connectivity index (χ2v) is 4.22. The lowest BCUT2D eigenvalue weighted by Gasteiger charge is -2.35. The Morgan fingerprint density at radius 1 is 1.59 bits per heavy atom. The van der Waals surface area contributed by atoms with Crippen molar-refractivity contribution in [3.05, 3.63) is 24.3 Å². The van der Waals surface area contributed by atoms with E-state index >= 15 is 0 Å². The average Bonchev–Trinajstić information content (AvgIpc) is 2.91. The van der Waals surface area contributed by atoms with Gasteiger partial charge >= 0.3 is 0 Å². The van der Waals surface area contributed by atoms with Crippen LogP contribution in [-0.4, -0.2) is 45.3 Å². The zero-order valence-electron chi connectivity index (χ0n) is 9.09. The van der Waals surface area contributed by atoms with Gasteiger partial charge in [-0.15, -0.1) is 0 Å².